The maximum absolute atomic E-state index is 11.2. The molecule has 7 heteroatoms. The van der Waals surface area contributed by atoms with Crippen molar-refractivity contribution in [2.24, 2.45) is 0 Å². The predicted molar refractivity (Wildman–Crippen MR) is 59.1 cm³/mol. The molecule has 0 aromatic rings. The SMILES string of the molecule is COC(=O)[C@@H](COCCNC(C)=O)NC(C)=O. The van der Waals surface area contributed by atoms with Gasteiger partial charge in [-0.25, -0.2) is 4.79 Å². The molecule has 7 nitrogen and oxygen atoms in total. The van der Waals surface area contributed by atoms with E-state index in [4.69, 9.17) is 4.74 Å². The molecule has 0 aromatic heterocycles. The van der Waals surface area contributed by atoms with E-state index in [2.05, 4.69) is 15.4 Å². The van der Waals surface area contributed by atoms with E-state index in [0.29, 0.717) is 6.54 Å². The first-order valence-electron chi connectivity index (χ1n) is 5.14. The van der Waals surface area contributed by atoms with Gasteiger partial charge in [-0.15, -0.1) is 0 Å². The molecule has 0 saturated carbocycles. The Hall–Kier alpha value is -1.63. The third kappa shape index (κ3) is 8.21. The molecule has 0 radical (unpaired) electrons. The molecular weight excluding hydrogens is 228 g/mol. The second kappa shape index (κ2) is 8.51. The number of rotatable bonds is 7. The number of amides is 2. The fraction of sp³-hybridized carbons (Fsp3) is 0.700. The van der Waals surface area contributed by atoms with Crippen LogP contribution in [0.25, 0.3) is 0 Å². The molecule has 2 N–H and O–H groups in total. The van der Waals surface area contributed by atoms with Crippen LogP contribution >= 0.6 is 0 Å². The van der Waals surface area contributed by atoms with Gasteiger partial charge in [-0.05, 0) is 0 Å². The lowest BCUT2D eigenvalue weighted by Gasteiger charge is -2.15. The number of methoxy groups -OCH3 is 1. The molecule has 98 valence electrons. The number of carbonyl (C=O) groups is 3. The van der Waals surface area contributed by atoms with Crippen LogP contribution in [0.4, 0.5) is 0 Å². The lowest BCUT2D eigenvalue weighted by molar-refractivity contribution is -0.146. The average Bonchev–Trinajstić information content (AvgIpc) is 2.25. The summed E-state index contributed by atoms with van der Waals surface area (Å²) in [5, 5.41) is 4.94. The van der Waals surface area contributed by atoms with Crippen LogP contribution in [0.15, 0.2) is 0 Å². The fourth-order valence-electron chi connectivity index (χ4n) is 1.06. The van der Waals surface area contributed by atoms with Gasteiger partial charge < -0.3 is 20.1 Å². The van der Waals surface area contributed by atoms with Crippen LogP contribution in [0.1, 0.15) is 13.8 Å². The number of hydrogen-bond acceptors (Lipinski definition) is 5. The Bertz CT molecular complexity index is 280. The first-order valence-corrected chi connectivity index (χ1v) is 5.14. The maximum atomic E-state index is 11.2. The van der Waals surface area contributed by atoms with Crippen LogP contribution in [0.2, 0.25) is 0 Å². The first kappa shape index (κ1) is 15.4. The van der Waals surface area contributed by atoms with E-state index in [-0.39, 0.29) is 25.0 Å². The topological polar surface area (TPSA) is 93.7 Å². The first-order chi connectivity index (χ1) is 7.97. The van der Waals surface area contributed by atoms with E-state index in [1.165, 1.54) is 21.0 Å². The second-order valence-electron chi connectivity index (χ2n) is 3.33. The maximum Gasteiger partial charge on any atom is 0.330 e. The number of esters is 1. The van der Waals surface area contributed by atoms with E-state index < -0.39 is 12.0 Å². The number of ether oxygens (including phenoxy) is 2. The Balaban J connectivity index is 3.87. The summed E-state index contributed by atoms with van der Waals surface area (Å²) in [6.45, 7) is 3.31. The predicted octanol–water partition coefficient (Wildman–Crippen LogP) is -1.18. The van der Waals surface area contributed by atoms with E-state index >= 15 is 0 Å². The summed E-state index contributed by atoms with van der Waals surface area (Å²) in [7, 11) is 1.23. The number of nitrogens with one attached hydrogen (secondary N) is 2. The van der Waals surface area contributed by atoms with Gasteiger partial charge >= 0.3 is 5.97 Å². The van der Waals surface area contributed by atoms with Crippen molar-refractivity contribution < 1.29 is 23.9 Å². The Morgan fingerprint density at radius 1 is 1.18 bits per heavy atom. The summed E-state index contributed by atoms with van der Waals surface area (Å²) in [5.74, 6) is -1.06. The summed E-state index contributed by atoms with van der Waals surface area (Å²) in [6, 6.07) is -0.824. The molecule has 0 fully saturated rings. The zero-order chi connectivity index (χ0) is 13.3. The lowest BCUT2D eigenvalue weighted by atomic mass is 10.3. The van der Waals surface area contributed by atoms with Crippen molar-refractivity contribution in [3.8, 4) is 0 Å². The van der Waals surface area contributed by atoms with Crippen molar-refractivity contribution in [1.29, 1.82) is 0 Å². The molecule has 1 atom stereocenters. The largest absolute Gasteiger partial charge is 0.467 e. The van der Waals surface area contributed by atoms with Gasteiger partial charge in [0.2, 0.25) is 11.8 Å². The Morgan fingerprint density at radius 2 is 1.82 bits per heavy atom. The zero-order valence-corrected chi connectivity index (χ0v) is 10.2. The highest BCUT2D eigenvalue weighted by Gasteiger charge is 2.19. The third-order valence-electron chi connectivity index (χ3n) is 1.77. The van der Waals surface area contributed by atoms with Gasteiger partial charge in [-0.2, -0.15) is 0 Å². The second-order valence-corrected chi connectivity index (χ2v) is 3.33. The molecular formula is C10H18N2O5. The Kier molecular flexibility index (Phi) is 7.70. The summed E-state index contributed by atoms with van der Waals surface area (Å²) in [6.07, 6.45) is 0. The van der Waals surface area contributed by atoms with Gasteiger partial charge in [0.05, 0.1) is 20.3 Å². The number of carbonyl (C=O) groups excluding carboxylic acids is 3. The summed E-state index contributed by atoms with van der Waals surface area (Å²) in [4.78, 5) is 32.6. The van der Waals surface area contributed by atoms with E-state index in [9.17, 15) is 14.4 Å². The molecule has 0 aliphatic rings. The van der Waals surface area contributed by atoms with Crippen LogP contribution < -0.4 is 10.6 Å². The molecule has 2 amide bonds. The quantitative estimate of drug-likeness (QED) is 0.435. The molecule has 0 spiro atoms. The molecule has 0 aliphatic carbocycles. The molecule has 0 heterocycles. The summed E-state index contributed by atoms with van der Waals surface area (Å²) in [5.41, 5.74) is 0. The van der Waals surface area contributed by atoms with Crippen molar-refractivity contribution in [1.82, 2.24) is 10.6 Å². The molecule has 0 unspecified atom stereocenters. The highest BCUT2D eigenvalue weighted by Crippen LogP contribution is 1.90. The number of hydrogen-bond donors (Lipinski definition) is 2. The minimum Gasteiger partial charge on any atom is -0.467 e. The van der Waals surface area contributed by atoms with Crippen LogP contribution in [0.5, 0.6) is 0 Å². The highest BCUT2D eigenvalue weighted by molar-refractivity contribution is 5.83. The molecule has 0 saturated heterocycles. The van der Waals surface area contributed by atoms with Crippen molar-refractivity contribution in [3.63, 3.8) is 0 Å². The lowest BCUT2D eigenvalue weighted by Crippen LogP contribution is -2.44. The third-order valence-corrected chi connectivity index (χ3v) is 1.77. The minimum absolute atomic E-state index is 0.00579. The molecule has 17 heavy (non-hydrogen) atoms. The van der Waals surface area contributed by atoms with Gasteiger partial charge in [0.25, 0.3) is 0 Å². The monoisotopic (exact) mass is 246 g/mol. The fourth-order valence-corrected chi connectivity index (χ4v) is 1.06. The van der Waals surface area contributed by atoms with Crippen LogP contribution in [-0.4, -0.2) is 50.7 Å². The molecule has 0 aromatic carbocycles. The van der Waals surface area contributed by atoms with E-state index in [1.54, 1.807) is 0 Å². The zero-order valence-electron chi connectivity index (χ0n) is 10.2. The minimum atomic E-state index is -0.824. The van der Waals surface area contributed by atoms with Crippen LogP contribution in [0.3, 0.4) is 0 Å². The van der Waals surface area contributed by atoms with Gasteiger partial charge in [0, 0.05) is 20.4 Å². The Labute approximate surface area is 99.8 Å². The highest BCUT2D eigenvalue weighted by atomic mass is 16.5. The van der Waals surface area contributed by atoms with Gasteiger partial charge in [0.1, 0.15) is 0 Å². The average molecular weight is 246 g/mol. The summed E-state index contributed by atoms with van der Waals surface area (Å²) >= 11 is 0. The van der Waals surface area contributed by atoms with Gasteiger partial charge in [-0.1, -0.05) is 0 Å². The van der Waals surface area contributed by atoms with E-state index in [1.807, 2.05) is 0 Å². The van der Waals surface area contributed by atoms with Crippen molar-refractivity contribution in [2.75, 3.05) is 26.9 Å². The Morgan fingerprint density at radius 3 is 2.29 bits per heavy atom. The van der Waals surface area contributed by atoms with Crippen molar-refractivity contribution in [3.05, 3.63) is 0 Å². The standard InChI is InChI=1S/C10H18N2O5/c1-7(13)11-4-5-17-6-9(10(15)16-3)12-8(2)14/h9H,4-6H2,1-3H3,(H,11,13)(H,12,14)/t9-/m1/s1. The van der Waals surface area contributed by atoms with Crippen LogP contribution in [-0.2, 0) is 23.9 Å². The van der Waals surface area contributed by atoms with Crippen molar-refractivity contribution in [2.45, 2.75) is 19.9 Å². The molecule has 0 bridgehead atoms. The van der Waals surface area contributed by atoms with E-state index in [0.717, 1.165) is 0 Å². The molecule has 0 aliphatic heterocycles. The summed E-state index contributed by atoms with van der Waals surface area (Å²) < 4.78 is 9.64. The molecule has 0 rings (SSSR count). The van der Waals surface area contributed by atoms with Gasteiger partial charge in [0.15, 0.2) is 6.04 Å². The smallest absolute Gasteiger partial charge is 0.330 e. The van der Waals surface area contributed by atoms with Crippen LogP contribution in [0, 0.1) is 0 Å². The normalized spacial score (nSPS) is 11.5. The van der Waals surface area contributed by atoms with Gasteiger partial charge in [-0.3, -0.25) is 9.59 Å². The van der Waals surface area contributed by atoms with Crippen molar-refractivity contribution >= 4 is 17.8 Å².